The summed E-state index contributed by atoms with van der Waals surface area (Å²) in [6, 6.07) is 8.49. The van der Waals surface area contributed by atoms with Crippen molar-refractivity contribution in [3.8, 4) is 0 Å². The van der Waals surface area contributed by atoms with Crippen LogP contribution >= 0.6 is 27.5 Å². The lowest BCUT2D eigenvalue weighted by molar-refractivity contribution is -0.134. The molecule has 2 fully saturated rings. The highest BCUT2D eigenvalue weighted by Gasteiger charge is 2.42. The van der Waals surface area contributed by atoms with E-state index < -0.39 is 0 Å². The third kappa shape index (κ3) is 2.82. The Morgan fingerprint density at radius 2 is 2.00 bits per heavy atom. The van der Waals surface area contributed by atoms with Gasteiger partial charge in [-0.05, 0) is 43.4 Å². The van der Waals surface area contributed by atoms with E-state index in [9.17, 15) is 4.79 Å². The number of carbonyl (C=O) groups is 1. The topological polar surface area (TPSA) is 20.3 Å². The Morgan fingerprint density at radius 1 is 1.32 bits per heavy atom. The maximum atomic E-state index is 12.5. The predicted molar refractivity (Wildman–Crippen MR) is 80.8 cm³/mol. The summed E-state index contributed by atoms with van der Waals surface area (Å²) in [4.78, 5) is 15.2. The molecule has 1 amide bonds. The molecule has 1 aromatic carbocycles. The maximum Gasteiger partial charge on any atom is 0.227 e. The summed E-state index contributed by atoms with van der Waals surface area (Å²) >= 11 is 9.68. The maximum absolute atomic E-state index is 12.5. The van der Waals surface area contributed by atoms with Gasteiger partial charge in [0.1, 0.15) is 0 Å². The van der Waals surface area contributed by atoms with Crippen LogP contribution in [0.25, 0.3) is 0 Å². The number of halogens is 2. The zero-order valence-corrected chi connectivity index (χ0v) is 13.0. The van der Waals surface area contributed by atoms with Crippen molar-refractivity contribution in [1.29, 1.82) is 0 Å². The van der Waals surface area contributed by atoms with Crippen LogP contribution < -0.4 is 0 Å². The van der Waals surface area contributed by atoms with E-state index in [0.29, 0.717) is 28.4 Å². The van der Waals surface area contributed by atoms with Crippen LogP contribution in [-0.4, -0.2) is 27.7 Å². The average Bonchev–Trinajstić information content (AvgIpc) is 2.62. The molecule has 0 aromatic heterocycles. The zero-order chi connectivity index (χ0) is 13.4. The fourth-order valence-corrected chi connectivity index (χ4v) is 4.51. The van der Waals surface area contributed by atoms with Crippen LogP contribution in [0, 0.1) is 0 Å². The van der Waals surface area contributed by atoms with Crippen molar-refractivity contribution in [2.45, 2.75) is 49.0 Å². The predicted octanol–water partition coefficient (Wildman–Crippen LogP) is 3.80. The van der Waals surface area contributed by atoms with Crippen LogP contribution in [0.4, 0.5) is 0 Å². The molecule has 0 spiro atoms. The number of nitrogens with zero attached hydrogens (tertiary/aromatic N) is 1. The summed E-state index contributed by atoms with van der Waals surface area (Å²) in [5, 5.41) is 0.701. The molecule has 2 aliphatic rings. The molecule has 0 aliphatic carbocycles. The molecule has 1 aromatic rings. The number of hydrogen-bond acceptors (Lipinski definition) is 1. The smallest absolute Gasteiger partial charge is 0.227 e. The van der Waals surface area contributed by atoms with Crippen molar-refractivity contribution in [1.82, 2.24) is 4.90 Å². The highest BCUT2D eigenvalue weighted by atomic mass is 79.9. The van der Waals surface area contributed by atoms with Gasteiger partial charge in [-0.1, -0.05) is 39.7 Å². The van der Waals surface area contributed by atoms with Gasteiger partial charge in [0.25, 0.3) is 0 Å². The molecule has 102 valence electrons. The zero-order valence-electron chi connectivity index (χ0n) is 10.7. The van der Waals surface area contributed by atoms with E-state index in [1.807, 2.05) is 24.3 Å². The number of rotatable bonds is 2. The quantitative estimate of drug-likeness (QED) is 0.749. The second kappa shape index (κ2) is 5.45. The van der Waals surface area contributed by atoms with Gasteiger partial charge in [-0.2, -0.15) is 0 Å². The van der Waals surface area contributed by atoms with Gasteiger partial charge >= 0.3 is 0 Å². The molecule has 2 nitrogen and oxygen atoms in total. The van der Waals surface area contributed by atoms with Crippen molar-refractivity contribution < 1.29 is 4.79 Å². The van der Waals surface area contributed by atoms with Crippen LogP contribution in [0.1, 0.15) is 31.2 Å². The fourth-order valence-electron chi connectivity index (χ4n) is 3.43. The van der Waals surface area contributed by atoms with Crippen LogP contribution in [0.2, 0.25) is 5.02 Å². The molecule has 0 N–H and O–H groups in total. The number of amides is 1. The highest BCUT2D eigenvalue weighted by molar-refractivity contribution is 9.09. The monoisotopic (exact) mass is 341 g/mol. The molecule has 2 atom stereocenters. The molecule has 2 saturated heterocycles. The van der Waals surface area contributed by atoms with Crippen LogP contribution in [0.3, 0.4) is 0 Å². The number of fused-ring (bicyclic) bond motifs is 2. The molecule has 19 heavy (non-hydrogen) atoms. The largest absolute Gasteiger partial charge is 0.336 e. The van der Waals surface area contributed by atoms with Crippen molar-refractivity contribution in [3.63, 3.8) is 0 Å². The van der Waals surface area contributed by atoms with Gasteiger partial charge in [0.05, 0.1) is 6.42 Å². The van der Waals surface area contributed by atoms with Gasteiger partial charge in [0.2, 0.25) is 5.91 Å². The summed E-state index contributed by atoms with van der Waals surface area (Å²) in [6.07, 6.45) is 4.98. The normalized spacial score (nSPS) is 29.6. The van der Waals surface area contributed by atoms with Gasteiger partial charge in [-0.3, -0.25) is 4.79 Å². The third-order valence-electron chi connectivity index (χ3n) is 4.21. The fraction of sp³-hybridized carbons (Fsp3) is 0.533. The summed E-state index contributed by atoms with van der Waals surface area (Å²) < 4.78 is 0. The Kier molecular flexibility index (Phi) is 3.86. The second-order valence-electron chi connectivity index (χ2n) is 5.56. The molecule has 4 heteroatoms. The first-order valence-electron chi connectivity index (χ1n) is 6.83. The molecule has 0 radical (unpaired) electrons. The van der Waals surface area contributed by atoms with E-state index in [1.54, 1.807) is 0 Å². The first kappa shape index (κ1) is 13.4. The molecule has 2 unspecified atom stereocenters. The van der Waals surface area contributed by atoms with Gasteiger partial charge in [0.15, 0.2) is 0 Å². The lowest BCUT2D eigenvalue weighted by Crippen LogP contribution is -2.47. The number of benzene rings is 1. The van der Waals surface area contributed by atoms with E-state index in [1.165, 1.54) is 0 Å². The molecular formula is C15H17BrClNO. The molecule has 2 aliphatic heterocycles. The Bertz CT molecular complexity index is 479. The lowest BCUT2D eigenvalue weighted by Gasteiger charge is -2.37. The van der Waals surface area contributed by atoms with Crippen LogP contribution in [-0.2, 0) is 11.2 Å². The summed E-state index contributed by atoms with van der Waals surface area (Å²) in [6.45, 7) is 0. The van der Waals surface area contributed by atoms with Gasteiger partial charge < -0.3 is 4.90 Å². The molecule has 3 rings (SSSR count). The van der Waals surface area contributed by atoms with E-state index in [-0.39, 0.29) is 5.91 Å². The molecule has 2 heterocycles. The van der Waals surface area contributed by atoms with Crippen molar-refractivity contribution in [2.75, 3.05) is 0 Å². The Morgan fingerprint density at radius 3 is 2.63 bits per heavy atom. The summed E-state index contributed by atoms with van der Waals surface area (Å²) in [5.41, 5.74) is 1.01. The first-order chi connectivity index (χ1) is 9.13. The van der Waals surface area contributed by atoms with Crippen molar-refractivity contribution in [2.24, 2.45) is 0 Å². The van der Waals surface area contributed by atoms with E-state index in [0.717, 1.165) is 31.2 Å². The number of alkyl halides is 1. The van der Waals surface area contributed by atoms with Gasteiger partial charge in [0, 0.05) is 21.9 Å². The Hall–Kier alpha value is -0.540. The van der Waals surface area contributed by atoms with E-state index in [4.69, 9.17) is 11.6 Å². The van der Waals surface area contributed by atoms with Gasteiger partial charge in [-0.15, -0.1) is 0 Å². The van der Waals surface area contributed by atoms with Gasteiger partial charge in [-0.25, -0.2) is 0 Å². The van der Waals surface area contributed by atoms with E-state index >= 15 is 0 Å². The third-order valence-corrected chi connectivity index (χ3v) is 5.19. The molecular weight excluding hydrogens is 326 g/mol. The molecule has 2 bridgehead atoms. The van der Waals surface area contributed by atoms with Crippen LogP contribution in [0.5, 0.6) is 0 Å². The SMILES string of the molecule is O=C(Cc1cccc(Cl)c1)N1C2CCC1CC(Br)C2. The highest BCUT2D eigenvalue weighted by Crippen LogP contribution is 2.38. The first-order valence-corrected chi connectivity index (χ1v) is 8.12. The number of hydrogen-bond donors (Lipinski definition) is 0. The Balaban J connectivity index is 1.71. The second-order valence-corrected chi connectivity index (χ2v) is 7.29. The number of carbonyl (C=O) groups excluding carboxylic acids is 1. The number of piperidine rings is 1. The van der Waals surface area contributed by atoms with Crippen molar-refractivity contribution in [3.05, 3.63) is 34.9 Å². The standard InChI is InChI=1S/C15H17BrClNO/c16-11-8-13-4-5-14(9-11)18(13)15(19)7-10-2-1-3-12(17)6-10/h1-3,6,11,13-14H,4-5,7-9H2. The Labute approximate surface area is 127 Å². The summed E-state index contributed by atoms with van der Waals surface area (Å²) in [5.74, 6) is 0.258. The van der Waals surface area contributed by atoms with Crippen LogP contribution in [0.15, 0.2) is 24.3 Å². The average molecular weight is 343 g/mol. The minimum atomic E-state index is 0.258. The van der Waals surface area contributed by atoms with Crippen molar-refractivity contribution >= 4 is 33.4 Å². The molecule has 0 saturated carbocycles. The minimum Gasteiger partial charge on any atom is -0.336 e. The summed E-state index contributed by atoms with van der Waals surface area (Å²) in [7, 11) is 0. The minimum absolute atomic E-state index is 0.258. The lowest BCUT2D eigenvalue weighted by atomic mass is 10.0. The van der Waals surface area contributed by atoms with E-state index in [2.05, 4.69) is 20.8 Å².